The molecular weight excluding hydrogens is 307 g/mol. The van der Waals surface area contributed by atoms with E-state index < -0.39 is 0 Å². The Hall–Kier alpha value is -2.09. The zero-order valence-corrected chi connectivity index (χ0v) is 12.7. The molecule has 0 unspecified atom stereocenters. The van der Waals surface area contributed by atoms with E-state index in [1.807, 2.05) is 17.6 Å². The van der Waals surface area contributed by atoms with Gasteiger partial charge in [-0.05, 0) is 30.7 Å². The molecule has 21 heavy (non-hydrogen) atoms. The molecule has 104 valence electrons. The van der Waals surface area contributed by atoms with E-state index in [1.165, 1.54) is 0 Å². The van der Waals surface area contributed by atoms with Crippen LogP contribution < -0.4 is 0 Å². The van der Waals surface area contributed by atoms with E-state index in [9.17, 15) is 5.26 Å². The van der Waals surface area contributed by atoms with Crippen molar-refractivity contribution in [2.24, 2.45) is 0 Å². The van der Waals surface area contributed by atoms with E-state index in [2.05, 4.69) is 16.0 Å². The van der Waals surface area contributed by atoms with Crippen molar-refractivity contribution in [1.82, 2.24) is 14.5 Å². The molecule has 1 aromatic carbocycles. The number of fused-ring (bicyclic) bond motifs is 1. The first kappa shape index (κ1) is 13.9. The summed E-state index contributed by atoms with van der Waals surface area (Å²) in [6.45, 7) is 2.39. The number of aromatic nitrogens is 3. The third kappa shape index (κ3) is 2.46. The van der Waals surface area contributed by atoms with Crippen LogP contribution in [0.1, 0.15) is 17.0 Å². The van der Waals surface area contributed by atoms with Gasteiger partial charge in [0.1, 0.15) is 17.4 Å². The molecule has 0 aliphatic rings. The van der Waals surface area contributed by atoms with Crippen molar-refractivity contribution in [3.63, 3.8) is 0 Å². The topological polar surface area (TPSA) is 54.5 Å². The van der Waals surface area contributed by atoms with Gasteiger partial charge in [0, 0.05) is 16.2 Å². The maximum Gasteiger partial charge on any atom is 0.179 e. The van der Waals surface area contributed by atoms with Crippen LogP contribution in [-0.4, -0.2) is 14.5 Å². The highest BCUT2D eigenvalue weighted by molar-refractivity contribution is 6.35. The Kier molecular flexibility index (Phi) is 3.54. The summed E-state index contributed by atoms with van der Waals surface area (Å²) < 4.78 is 1.94. The van der Waals surface area contributed by atoms with Gasteiger partial charge >= 0.3 is 0 Å². The fourth-order valence-corrected chi connectivity index (χ4v) is 2.74. The Morgan fingerprint density at radius 2 is 2.10 bits per heavy atom. The third-order valence-corrected chi connectivity index (χ3v) is 3.88. The number of nitrogens with zero attached hydrogens (tertiary/aromatic N) is 4. The summed E-state index contributed by atoms with van der Waals surface area (Å²) in [5, 5.41) is 10.4. The van der Waals surface area contributed by atoms with Gasteiger partial charge in [-0.2, -0.15) is 5.26 Å². The molecule has 0 aliphatic carbocycles. The Morgan fingerprint density at radius 1 is 1.29 bits per heavy atom. The molecule has 2 heterocycles. The monoisotopic (exact) mass is 316 g/mol. The number of pyridine rings is 1. The second-order valence-electron chi connectivity index (χ2n) is 4.62. The lowest BCUT2D eigenvalue weighted by Gasteiger charge is -2.09. The Labute approximate surface area is 131 Å². The van der Waals surface area contributed by atoms with Gasteiger partial charge in [-0.3, -0.25) is 0 Å². The molecule has 2 aromatic heterocycles. The van der Waals surface area contributed by atoms with E-state index in [4.69, 9.17) is 23.2 Å². The van der Waals surface area contributed by atoms with Crippen LogP contribution in [0.2, 0.25) is 10.0 Å². The average Bonchev–Trinajstić information content (AvgIpc) is 2.78. The molecule has 0 atom stereocenters. The minimum Gasteiger partial charge on any atom is -0.321 e. The van der Waals surface area contributed by atoms with E-state index in [0.29, 0.717) is 27.8 Å². The molecule has 0 N–H and O–H groups in total. The summed E-state index contributed by atoms with van der Waals surface area (Å²) in [6, 6.07) is 9.23. The first-order valence-corrected chi connectivity index (χ1v) is 7.01. The van der Waals surface area contributed by atoms with Crippen LogP contribution in [0.5, 0.6) is 0 Å². The second kappa shape index (κ2) is 5.36. The van der Waals surface area contributed by atoms with Crippen LogP contribution >= 0.6 is 23.2 Å². The van der Waals surface area contributed by atoms with Crippen molar-refractivity contribution < 1.29 is 0 Å². The minimum absolute atomic E-state index is 0.513. The molecule has 0 saturated carbocycles. The number of hydrogen-bond donors (Lipinski definition) is 0. The van der Waals surface area contributed by atoms with Crippen LogP contribution in [0, 0.1) is 18.3 Å². The Morgan fingerprint density at radius 3 is 2.81 bits per heavy atom. The molecule has 0 radical (unpaired) electrons. The lowest BCUT2D eigenvalue weighted by molar-refractivity contribution is 0.785. The smallest absolute Gasteiger partial charge is 0.179 e. The van der Waals surface area contributed by atoms with Crippen LogP contribution in [0.15, 0.2) is 30.5 Å². The third-order valence-electron chi connectivity index (χ3n) is 3.30. The van der Waals surface area contributed by atoms with E-state index in [-0.39, 0.29) is 0 Å². The number of halogens is 2. The largest absolute Gasteiger partial charge is 0.321 e. The highest BCUT2D eigenvalue weighted by atomic mass is 35.5. The van der Waals surface area contributed by atoms with Crippen molar-refractivity contribution in [2.75, 3.05) is 0 Å². The lowest BCUT2D eigenvalue weighted by Crippen LogP contribution is -2.03. The van der Waals surface area contributed by atoms with Gasteiger partial charge in [0.2, 0.25) is 0 Å². The molecule has 0 bridgehead atoms. The van der Waals surface area contributed by atoms with Crippen molar-refractivity contribution >= 4 is 34.4 Å². The molecule has 6 heteroatoms. The molecule has 0 spiro atoms. The van der Waals surface area contributed by atoms with E-state index in [0.717, 1.165) is 16.9 Å². The first-order valence-electron chi connectivity index (χ1n) is 6.26. The molecule has 3 aromatic rings. The van der Waals surface area contributed by atoms with Crippen LogP contribution in [0.25, 0.3) is 11.2 Å². The summed E-state index contributed by atoms with van der Waals surface area (Å²) in [7, 11) is 0. The molecule has 0 aliphatic heterocycles. The number of hydrogen-bond acceptors (Lipinski definition) is 3. The Bertz CT molecular complexity index is 877. The predicted octanol–water partition coefficient (Wildman–Crippen LogP) is 3.97. The van der Waals surface area contributed by atoms with Crippen molar-refractivity contribution in [2.45, 2.75) is 13.5 Å². The SMILES string of the molecule is Cc1nc2nccc(C#N)c2n1Cc1ccc(Cl)cc1Cl. The fourth-order valence-electron chi connectivity index (χ4n) is 2.27. The molecule has 0 amide bonds. The zero-order chi connectivity index (χ0) is 15.0. The minimum atomic E-state index is 0.513. The van der Waals surface area contributed by atoms with E-state index >= 15 is 0 Å². The predicted molar refractivity (Wildman–Crippen MR) is 82.5 cm³/mol. The van der Waals surface area contributed by atoms with Crippen LogP contribution in [-0.2, 0) is 6.54 Å². The second-order valence-corrected chi connectivity index (χ2v) is 5.47. The first-order chi connectivity index (χ1) is 10.1. The summed E-state index contributed by atoms with van der Waals surface area (Å²) in [4.78, 5) is 8.61. The maximum absolute atomic E-state index is 9.26. The Balaban J connectivity index is 2.17. The molecule has 4 nitrogen and oxygen atoms in total. The number of benzene rings is 1. The summed E-state index contributed by atoms with van der Waals surface area (Å²) in [5.74, 6) is 0.784. The zero-order valence-electron chi connectivity index (χ0n) is 11.1. The van der Waals surface area contributed by atoms with Gasteiger partial charge < -0.3 is 4.57 Å². The summed E-state index contributed by atoms with van der Waals surface area (Å²) >= 11 is 12.1. The van der Waals surface area contributed by atoms with Crippen molar-refractivity contribution in [3.05, 3.63) is 57.5 Å². The normalized spacial score (nSPS) is 10.8. The maximum atomic E-state index is 9.26. The van der Waals surface area contributed by atoms with Crippen LogP contribution in [0.3, 0.4) is 0 Å². The highest BCUT2D eigenvalue weighted by Gasteiger charge is 2.14. The van der Waals surface area contributed by atoms with Gasteiger partial charge in [0.15, 0.2) is 5.65 Å². The number of imidazole rings is 1. The van der Waals surface area contributed by atoms with Gasteiger partial charge in [-0.15, -0.1) is 0 Å². The quantitative estimate of drug-likeness (QED) is 0.719. The molecule has 0 saturated heterocycles. The summed E-state index contributed by atoms with van der Waals surface area (Å²) in [6.07, 6.45) is 1.59. The molecular formula is C15H10Cl2N4. The number of rotatable bonds is 2. The highest BCUT2D eigenvalue weighted by Crippen LogP contribution is 2.25. The van der Waals surface area contributed by atoms with Crippen LogP contribution in [0.4, 0.5) is 0 Å². The number of nitriles is 1. The van der Waals surface area contributed by atoms with Gasteiger partial charge in [0.25, 0.3) is 0 Å². The van der Waals surface area contributed by atoms with Gasteiger partial charge in [-0.25, -0.2) is 9.97 Å². The van der Waals surface area contributed by atoms with Crippen molar-refractivity contribution in [3.8, 4) is 6.07 Å². The van der Waals surface area contributed by atoms with E-state index in [1.54, 1.807) is 24.4 Å². The van der Waals surface area contributed by atoms with Crippen molar-refractivity contribution in [1.29, 1.82) is 5.26 Å². The molecule has 0 fully saturated rings. The number of aryl methyl sites for hydroxylation is 1. The lowest BCUT2D eigenvalue weighted by atomic mass is 10.2. The van der Waals surface area contributed by atoms with Gasteiger partial charge in [-0.1, -0.05) is 29.3 Å². The van der Waals surface area contributed by atoms with Gasteiger partial charge in [0.05, 0.1) is 12.1 Å². The fraction of sp³-hybridized carbons (Fsp3) is 0.133. The average molecular weight is 317 g/mol. The standard InChI is InChI=1S/C15H10Cl2N4/c1-9-20-15-14(10(7-18)4-5-19-15)21(9)8-11-2-3-12(16)6-13(11)17/h2-6H,8H2,1H3. The molecule has 3 rings (SSSR count). The summed E-state index contributed by atoms with van der Waals surface area (Å²) in [5.41, 5.74) is 2.75.